The van der Waals surface area contributed by atoms with E-state index in [1.807, 2.05) is 18.2 Å². The Morgan fingerprint density at radius 3 is 1.47 bits per heavy atom. The first-order valence-electron chi connectivity index (χ1n) is 22.3. The lowest BCUT2D eigenvalue weighted by molar-refractivity contribution is 0.673. The summed E-state index contributed by atoms with van der Waals surface area (Å²) in [6.07, 6.45) is 0. The average molecular weight is 844 g/mol. The van der Waals surface area contributed by atoms with Gasteiger partial charge in [-0.25, -0.2) is 9.98 Å². The fourth-order valence-corrected chi connectivity index (χ4v) is 9.66. The van der Waals surface area contributed by atoms with Gasteiger partial charge in [0.1, 0.15) is 11.2 Å². The minimum Gasteiger partial charge on any atom is -0.455 e. The predicted molar refractivity (Wildman–Crippen MR) is 279 cm³/mol. The molecule has 4 heteroatoms. The number of aliphatic imine (C=N–C) groups is 3. The van der Waals surface area contributed by atoms with Gasteiger partial charge in [-0.15, -0.1) is 0 Å². The van der Waals surface area contributed by atoms with E-state index in [1.54, 1.807) is 0 Å². The van der Waals surface area contributed by atoms with Crippen molar-refractivity contribution in [3.63, 3.8) is 0 Å². The highest BCUT2D eigenvalue weighted by Gasteiger charge is 2.17. The molecular formula is C62H41N3O. The van der Waals surface area contributed by atoms with Crippen LogP contribution in [0, 0.1) is 0 Å². The van der Waals surface area contributed by atoms with Crippen molar-refractivity contribution in [2.75, 3.05) is 0 Å². The van der Waals surface area contributed by atoms with Crippen molar-refractivity contribution in [2.24, 2.45) is 15.0 Å². The highest BCUT2D eigenvalue weighted by molar-refractivity contribution is 6.30. The molecule has 0 radical (unpaired) electrons. The topological polar surface area (TPSA) is 50.2 Å². The summed E-state index contributed by atoms with van der Waals surface area (Å²) in [5, 5.41) is 11.5. The minimum atomic E-state index is 0.430. The van der Waals surface area contributed by atoms with Crippen LogP contribution in [0.4, 0.5) is 0 Å². The summed E-state index contributed by atoms with van der Waals surface area (Å²) in [6, 6.07) is 79.2. The molecule has 0 amide bonds. The van der Waals surface area contributed by atoms with Gasteiger partial charge in [-0.3, -0.25) is 4.99 Å². The summed E-state index contributed by atoms with van der Waals surface area (Å²) < 4.78 is 6.61. The van der Waals surface area contributed by atoms with E-state index in [0.717, 1.165) is 98.9 Å². The number of benzene rings is 11. The van der Waals surface area contributed by atoms with Gasteiger partial charge in [-0.2, -0.15) is 0 Å². The van der Waals surface area contributed by atoms with Gasteiger partial charge in [-0.1, -0.05) is 194 Å². The molecule has 0 saturated carbocycles. The summed E-state index contributed by atoms with van der Waals surface area (Å²) in [7, 11) is 0. The third kappa shape index (κ3) is 6.93. The Morgan fingerprint density at radius 2 is 0.848 bits per heavy atom. The molecule has 0 fully saturated rings. The molecule has 0 aliphatic carbocycles. The number of fused-ring (bicyclic) bond motifs is 10. The van der Waals surface area contributed by atoms with E-state index in [9.17, 15) is 0 Å². The second-order valence-corrected chi connectivity index (χ2v) is 16.8. The molecule has 4 nitrogen and oxygen atoms in total. The molecule has 0 aliphatic heterocycles. The summed E-state index contributed by atoms with van der Waals surface area (Å²) in [5.41, 5.74) is 11.6. The zero-order valence-electron chi connectivity index (χ0n) is 36.0. The smallest absolute Gasteiger partial charge is 0.161 e. The Balaban J connectivity index is 0.884. The van der Waals surface area contributed by atoms with Crippen LogP contribution in [-0.4, -0.2) is 18.4 Å². The molecule has 0 spiro atoms. The Morgan fingerprint density at radius 1 is 0.379 bits per heavy atom. The number of hydrogen-bond donors (Lipinski definition) is 0. The normalized spacial score (nSPS) is 12.2. The number of amidine groups is 2. The molecule has 12 aromatic rings. The van der Waals surface area contributed by atoms with Gasteiger partial charge in [-0.05, 0) is 114 Å². The third-order valence-corrected chi connectivity index (χ3v) is 12.8. The number of rotatable bonds is 7. The Labute approximate surface area is 382 Å². The van der Waals surface area contributed by atoms with Gasteiger partial charge in [0, 0.05) is 27.3 Å². The summed E-state index contributed by atoms with van der Waals surface area (Å²) in [4.78, 5) is 14.9. The lowest BCUT2D eigenvalue weighted by atomic mass is 9.94. The van der Waals surface area contributed by atoms with Gasteiger partial charge in [0.25, 0.3) is 0 Å². The van der Waals surface area contributed by atoms with Crippen molar-refractivity contribution in [3.05, 3.63) is 241 Å². The van der Waals surface area contributed by atoms with Crippen LogP contribution in [0.25, 0.3) is 98.4 Å². The van der Waals surface area contributed by atoms with Crippen LogP contribution in [0.5, 0.6) is 0 Å². The fourth-order valence-electron chi connectivity index (χ4n) is 9.66. The van der Waals surface area contributed by atoms with Crippen LogP contribution < -0.4 is 0 Å². The molecule has 0 aliphatic rings. The number of hydrogen-bond acceptors (Lipinski definition) is 2. The maximum Gasteiger partial charge on any atom is 0.161 e. The van der Waals surface area contributed by atoms with E-state index in [-0.39, 0.29) is 0 Å². The predicted octanol–water partition coefficient (Wildman–Crippen LogP) is 16.3. The van der Waals surface area contributed by atoms with Crippen molar-refractivity contribution in [1.82, 2.24) is 0 Å². The van der Waals surface area contributed by atoms with Crippen LogP contribution in [0.15, 0.2) is 244 Å². The molecule has 0 saturated heterocycles. The van der Waals surface area contributed by atoms with Gasteiger partial charge in [0.05, 0.1) is 6.54 Å². The Kier molecular flexibility index (Phi) is 9.69. The summed E-state index contributed by atoms with van der Waals surface area (Å²) in [6.45, 7) is 4.39. The first-order valence-corrected chi connectivity index (χ1v) is 22.3. The van der Waals surface area contributed by atoms with E-state index in [1.165, 1.54) is 16.2 Å². The first-order chi connectivity index (χ1) is 32.7. The zero-order valence-corrected chi connectivity index (χ0v) is 36.0. The fraction of sp³-hybridized carbons (Fsp3) is 0.0161. The lowest BCUT2D eigenvalue weighted by Crippen LogP contribution is -2.07. The van der Waals surface area contributed by atoms with Crippen LogP contribution >= 0.6 is 0 Å². The second kappa shape index (κ2) is 16.4. The van der Waals surface area contributed by atoms with Gasteiger partial charge >= 0.3 is 0 Å². The Bertz CT molecular complexity index is 3940. The highest BCUT2D eigenvalue weighted by Crippen LogP contribution is 2.42. The second-order valence-electron chi connectivity index (χ2n) is 16.8. The monoisotopic (exact) mass is 843 g/mol. The van der Waals surface area contributed by atoms with E-state index in [4.69, 9.17) is 14.4 Å². The molecule has 0 unspecified atom stereocenters. The van der Waals surface area contributed by atoms with E-state index in [0.29, 0.717) is 18.2 Å². The van der Waals surface area contributed by atoms with Crippen LogP contribution in [0.2, 0.25) is 0 Å². The van der Waals surface area contributed by atoms with Crippen LogP contribution in [0.3, 0.4) is 0 Å². The van der Waals surface area contributed by atoms with Gasteiger partial charge < -0.3 is 4.42 Å². The molecule has 0 bridgehead atoms. The molecule has 310 valence electrons. The van der Waals surface area contributed by atoms with Crippen molar-refractivity contribution in [2.45, 2.75) is 6.54 Å². The molecule has 1 heterocycles. The minimum absolute atomic E-state index is 0.430. The van der Waals surface area contributed by atoms with Crippen molar-refractivity contribution in [3.8, 4) is 33.4 Å². The van der Waals surface area contributed by atoms with Crippen molar-refractivity contribution < 1.29 is 4.42 Å². The maximum atomic E-state index is 6.61. The van der Waals surface area contributed by atoms with E-state index < -0.39 is 0 Å². The summed E-state index contributed by atoms with van der Waals surface area (Å²) in [5.74, 6) is 1.14. The van der Waals surface area contributed by atoms with Crippen molar-refractivity contribution >= 4 is 83.4 Å². The molecule has 0 N–H and O–H groups in total. The Hall–Kier alpha value is -8.73. The first kappa shape index (κ1) is 38.9. The lowest BCUT2D eigenvalue weighted by Gasteiger charge is -2.11. The third-order valence-electron chi connectivity index (χ3n) is 12.8. The molecule has 12 rings (SSSR count). The van der Waals surface area contributed by atoms with Crippen LogP contribution in [-0.2, 0) is 6.54 Å². The van der Waals surface area contributed by atoms with E-state index >= 15 is 0 Å². The quantitative estimate of drug-likeness (QED) is 0.0896. The SMILES string of the molecule is C=NC(=NC(=NCc1cccc(-c2cccc(-c3cccc(-c4ccc5oc6c7ccccc7c7ccccc7c6c5c4)c3)c2)c1)c1cccc2ccccc12)c1cccc2ccccc12. The van der Waals surface area contributed by atoms with Crippen molar-refractivity contribution in [1.29, 1.82) is 0 Å². The largest absolute Gasteiger partial charge is 0.455 e. The number of furan rings is 1. The number of nitrogens with zero attached hydrogens (tertiary/aromatic N) is 3. The van der Waals surface area contributed by atoms with E-state index in [2.05, 4.69) is 218 Å². The van der Waals surface area contributed by atoms with Crippen LogP contribution in [0.1, 0.15) is 16.7 Å². The molecule has 1 aromatic heterocycles. The van der Waals surface area contributed by atoms with Gasteiger partial charge in [0.15, 0.2) is 11.7 Å². The molecular weight excluding hydrogens is 803 g/mol. The van der Waals surface area contributed by atoms with Gasteiger partial charge in [0.2, 0.25) is 0 Å². The highest BCUT2D eigenvalue weighted by atomic mass is 16.3. The molecule has 11 aromatic carbocycles. The zero-order chi connectivity index (χ0) is 44.0. The molecule has 0 atom stereocenters. The maximum absolute atomic E-state index is 6.61. The summed E-state index contributed by atoms with van der Waals surface area (Å²) >= 11 is 0. The average Bonchev–Trinajstić information content (AvgIpc) is 3.78. The standard InChI is InChI=1S/C62H41N3O/c1-63-61(55-31-13-18-41-16-2-4-25-49(41)55)65-62(56-32-14-19-42-17-3-5-26-50(42)56)64-39-40-15-10-20-43(35-40)44-21-11-22-45(36-44)46-23-12-24-47(37-46)48-33-34-58-57(38-48)59-53-29-8-6-27-51(53)52-28-7-9-30-54(52)60(59)66-58/h2-38H,1,39H2. The molecule has 66 heavy (non-hydrogen) atoms.